The number of fused-ring (bicyclic) bond motifs is 5. The molecule has 190 valence electrons. The molecule has 5 rings (SSSR count). The van der Waals surface area contributed by atoms with E-state index in [1.54, 1.807) is 24.3 Å². The summed E-state index contributed by atoms with van der Waals surface area (Å²) in [5, 5.41) is 5.60. The van der Waals surface area contributed by atoms with E-state index in [2.05, 4.69) is 30.6 Å². The molecule has 3 fully saturated rings. The number of amides is 2. The van der Waals surface area contributed by atoms with Crippen molar-refractivity contribution in [2.75, 3.05) is 0 Å². The molecule has 1 aromatic carbocycles. The molecule has 7 heteroatoms. The van der Waals surface area contributed by atoms with Gasteiger partial charge in [0.2, 0.25) is 11.8 Å². The number of halogens is 3. The molecular formula is C28H35F3N2O2. The van der Waals surface area contributed by atoms with Crippen LogP contribution in [0.4, 0.5) is 13.2 Å². The minimum absolute atomic E-state index is 0.0321. The first kappa shape index (κ1) is 24.4. The standard InChI is InChI=1S/C28H35F3N2O2/c1-25-15-13-20-18(9-12-22-26(20,2)16-14-23(34)32-22)19(25)10-11-21(25)24(35)33-27(3,28(29,30)31)17-7-5-4-6-8-17/h4-8,14,16,18-22H,9-13,15H2,1-3H3,(H,32,34)(H,33,35)/t18-,19-,20-,21+,22+,25-,26+,27?/m0/s1. The van der Waals surface area contributed by atoms with Crippen LogP contribution < -0.4 is 10.6 Å². The lowest BCUT2D eigenvalue weighted by Crippen LogP contribution is -2.60. The third kappa shape index (κ3) is 3.63. The van der Waals surface area contributed by atoms with E-state index in [0.717, 1.165) is 39.0 Å². The van der Waals surface area contributed by atoms with Gasteiger partial charge in [0.05, 0.1) is 0 Å². The minimum Gasteiger partial charge on any atom is -0.349 e. The Balaban J connectivity index is 1.39. The van der Waals surface area contributed by atoms with Crippen LogP contribution in [0.3, 0.4) is 0 Å². The predicted octanol–water partition coefficient (Wildman–Crippen LogP) is 5.49. The van der Waals surface area contributed by atoms with E-state index in [0.29, 0.717) is 24.2 Å². The smallest absolute Gasteiger partial charge is 0.349 e. The van der Waals surface area contributed by atoms with Gasteiger partial charge in [-0.15, -0.1) is 0 Å². The average Bonchev–Trinajstić information content (AvgIpc) is 3.16. The highest BCUT2D eigenvalue weighted by Gasteiger charge is 2.62. The fraction of sp³-hybridized carbons (Fsp3) is 0.643. The first-order chi connectivity index (χ1) is 16.4. The largest absolute Gasteiger partial charge is 0.415 e. The quantitative estimate of drug-likeness (QED) is 0.591. The Labute approximate surface area is 205 Å². The third-order valence-corrected chi connectivity index (χ3v) is 10.3. The van der Waals surface area contributed by atoms with Crippen LogP contribution in [0.15, 0.2) is 42.5 Å². The first-order valence-electron chi connectivity index (χ1n) is 12.8. The number of alkyl halides is 3. The molecule has 1 heterocycles. The molecule has 8 atom stereocenters. The van der Waals surface area contributed by atoms with Crippen molar-refractivity contribution in [3.63, 3.8) is 0 Å². The Kier molecular flexibility index (Phi) is 5.65. The van der Waals surface area contributed by atoms with Crippen molar-refractivity contribution in [1.82, 2.24) is 10.6 Å². The zero-order valence-corrected chi connectivity index (χ0v) is 20.6. The highest BCUT2D eigenvalue weighted by atomic mass is 19.4. The molecule has 3 aliphatic carbocycles. The van der Waals surface area contributed by atoms with Crippen molar-refractivity contribution in [1.29, 1.82) is 0 Å². The van der Waals surface area contributed by atoms with Gasteiger partial charge in [0.1, 0.15) is 0 Å². The summed E-state index contributed by atoms with van der Waals surface area (Å²) < 4.78 is 42.8. The van der Waals surface area contributed by atoms with E-state index >= 15 is 0 Å². The van der Waals surface area contributed by atoms with Crippen molar-refractivity contribution in [3.8, 4) is 0 Å². The van der Waals surface area contributed by atoms with Crippen LogP contribution in [0.25, 0.3) is 0 Å². The van der Waals surface area contributed by atoms with Crippen LogP contribution in [-0.2, 0) is 15.1 Å². The van der Waals surface area contributed by atoms with Crippen molar-refractivity contribution >= 4 is 11.8 Å². The van der Waals surface area contributed by atoms with Gasteiger partial charge >= 0.3 is 6.18 Å². The van der Waals surface area contributed by atoms with Crippen molar-refractivity contribution in [3.05, 3.63) is 48.0 Å². The van der Waals surface area contributed by atoms with Crippen molar-refractivity contribution < 1.29 is 22.8 Å². The molecule has 0 radical (unpaired) electrons. The van der Waals surface area contributed by atoms with Gasteiger partial charge in [-0.3, -0.25) is 9.59 Å². The van der Waals surface area contributed by atoms with Crippen LogP contribution in [-0.4, -0.2) is 24.0 Å². The molecule has 0 aromatic heterocycles. The van der Waals surface area contributed by atoms with Crippen LogP contribution in [0, 0.1) is 34.5 Å². The van der Waals surface area contributed by atoms with Crippen LogP contribution in [0.5, 0.6) is 0 Å². The maximum Gasteiger partial charge on any atom is 0.415 e. The molecule has 1 aliphatic heterocycles. The van der Waals surface area contributed by atoms with Gasteiger partial charge in [-0.2, -0.15) is 13.2 Å². The van der Waals surface area contributed by atoms with Gasteiger partial charge in [0, 0.05) is 17.4 Å². The minimum atomic E-state index is -4.62. The molecule has 0 saturated heterocycles. The van der Waals surface area contributed by atoms with Gasteiger partial charge in [-0.1, -0.05) is 50.3 Å². The zero-order chi connectivity index (χ0) is 25.2. The number of benzene rings is 1. The number of hydrogen-bond donors (Lipinski definition) is 2. The van der Waals surface area contributed by atoms with Gasteiger partial charge in [-0.25, -0.2) is 0 Å². The highest BCUT2D eigenvalue weighted by molar-refractivity contribution is 5.89. The fourth-order valence-electron chi connectivity index (χ4n) is 8.18. The lowest BCUT2D eigenvalue weighted by molar-refractivity contribution is -0.199. The molecule has 3 saturated carbocycles. The predicted molar refractivity (Wildman–Crippen MR) is 127 cm³/mol. The maximum absolute atomic E-state index is 14.3. The third-order valence-electron chi connectivity index (χ3n) is 10.3. The summed E-state index contributed by atoms with van der Waals surface area (Å²) in [6.07, 6.45) is 4.22. The summed E-state index contributed by atoms with van der Waals surface area (Å²) in [5.74, 6) is 0.163. The lowest BCUT2D eigenvalue weighted by Gasteiger charge is -2.58. The molecule has 4 nitrogen and oxygen atoms in total. The SMILES string of the molecule is CC(NC(=O)[C@H]1CC[C@H]2[C@@H]3CC[C@H]4NC(=O)C=C[C@]4(C)[C@H]3CC[C@]12C)(c1ccccc1)C(F)(F)F. The van der Waals surface area contributed by atoms with Crippen LogP contribution in [0.1, 0.15) is 64.9 Å². The molecule has 0 bridgehead atoms. The molecule has 1 aromatic rings. The number of hydrogen-bond acceptors (Lipinski definition) is 2. The second-order valence-electron chi connectivity index (χ2n) is 11.9. The van der Waals surface area contributed by atoms with Gasteiger partial charge in [-0.05, 0) is 80.3 Å². The Morgan fingerprint density at radius 1 is 1.03 bits per heavy atom. The van der Waals surface area contributed by atoms with Crippen molar-refractivity contribution in [2.24, 2.45) is 34.5 Å². The summed E-state index contributed by atoms with van der Waals surface area (Å²) in [6, 6.07) is 7.79. The normalized spacial score (nSPS) is 40.1. The summed E-state index contributed by atoms with van der Waals surface area (Å²) in [7, 11) is 0. The molecular weight excluding hydrogens is 453 g/mol. The van der Waals surface area contributed by atoms with Crippen LogP contribution >= 0.6 is 0 Å². The number of nitrogens with one attached hydrogen (secondary N) is 2. The number of carbonyl (C=O) groups is 2. The Morgan fingerprint density at radius 2 is 1.74 bits per heavy atom. The monoisotopic (exact) mass is 488 g/mol. The van der Waals surface area contributed by atoms with Crippen LogP contribution in [0.2, 0.25) is 0 Å². The lowest BCUT2D eigenvalue weighted by atomic mass is 9.48. The average molecular weight is 489 g/mol. The zero-order valence-electron chi connectivity index (χ0n) is 20.6. The van der Waals surface area contributed by atoms with E-state index in [4.69, 9.17) is 0 Å². The number of carbonyl (C=O) groups excluding carboxylic acids is 2. The Hall–Kier alpha value is -2.31. The summed E-state index contributed by atoms with van der Waals surface area (Å²) in [5.41, 5.74) is -2.82. The Morgan fingerprint density at radius 3 is 2.43 bits per heavy atom. The summed E-state index contributed by atoms with van der Waals surface area (Å²) >= 11 is 0. The highest BCUT2D eigenvalue weighted by Crippen LogP contribution is 2.65. The number of rotatable bonds is 3. The topological polar surface area (TPSA) is 58.2 Å². The molecule has 4 aliphatic rings. The van der Waals surface area contributed by atoms with Gasteiger partial charge in [0.15, 0.2) is 5.54 Å². The maximum atomic E-state index is 14.3. The van der Waals surface area contributed by atoms with Gasteiger partial charge < -0.3 is 10.6 Å². The van der Waals surface area contributed by atoms with E-state index in [-0.39, 0.29) is 28.3 Å². The van der Waals surface area contributed by atoms with E-state index in [1.165, 1.54) is 12.1 Å². The first-order valence-corrected chi connectivity index (χ1v) is 12.8. The second kappa shape index (κ2) is 8.10. The molecule has 35 heavy (non-hydrogen) atoms. The molecule has 2 amide bonds. The summed E-state index contributed by atoms with van der Waals surface area (Å²) in [6.45, 7) is 5.43. The second-order valence-corrected chi connectivity index (χ2v) is 11.9. The molecule has 2 N–H and O–H groups in total. The Bertz CT molecular complexity index is 1040. The van der Waals surface area contributed by atoms with E-state index in [9.17, 15) is 22.8 Å². The molecule has 0 spiro atoms. The van der Waals surface area contributed by atoms with Gasteiger partial charge in [0.25, 0.3) is 0 Å². The van der Waals surface area contributed by atoms with E-state index in [1.807, 2.05) is 0 Å². The fourth-order valence-corrected chi connectivity index (χ4v) is 8.18. The van der Waals surface area contributed by atoms with E-state index < -0.39 is 23.5 Å². The van der Waals surface area contributed by atoms with Crippen molar-refractivity contribution in [2.45, 2.75) is 77.1 Å². The molecule has 1 unspecified atom stereocenters. The summed E-state index contributed by atoms with van der Waals surface area (Å²) in [4.78, 5) is 25.5.